The van der Waals surface area contributed by atoms with Gasteiger partial charge in [-0.3, -0.25) is 14.5 Å². The number of hydrogen-bond acceptors (Lipinski definition) is 10. The molecule has 0 spiro atoms. The lowest BCUT2D eigenvalue weighted by molar-refractivity contribution is -0.152. The Balaban J connectivity index is 1.40. The van der Waals surface area contributed by atoms with Gasteiger partial charge in [-0.2, -0.15) is 0 Å². The molecule has 1 amide bonds. The van der Waals surface area contributed by atoms with Gasteiger partial charge in [0.15, 0.2) is 6.10 Å². The second-order valence-corrected chi connectivity index (χ2v) is 12.1. The highest BCUT2D eigenvalue weighted by molar-refractivity contribution is 8.07. The van der Waals surface area contributed by atoms with Crippen LogP contribution in [-0.4, -0.2) is 43.9 Å². The summed E-state index contributed by atoms with van der Waals surface area (Å²) in [6.45, 7) is 0. The van der Waals surface area contributed by atoms with Crippen molar-refractivity contribution in [1.82, 2.24) is 14.9 Å². The third-order valence-corrected chi connectivity index (χ3v) is 9.86. The van der Waals surface area contributed by atoms with E-state index in [0.29, 0.717) is 25.2 Å². The molecular weight excluding hydrogens is 541 g/mol. The first-order valence-electron chi connectivity index (χ1n) is 11.7. The van der Waals surface area contributed by atoms with Crippen molar-refractivity contribution in [3.05, 3.63) is 111 Å². The van der Waals surface area contributed by atoms with Gasteiger partial charge in [-0.15, -0.1) is 23.1 Å². The number of hydrogen-bond donors (Lipinski definition) is 1. The number of β-lactam (4-membered cyclic amide) rings is 1. The minimum absolute atomic E-state index is 0.168. The lowest BCUT2D eigenvalue weighted by Gasteiger charge is -2.48. The minimum Gasteiger partial charge on any atom is -0.448 e. The summed E-state index contributed by atoms with van der Waals surface area (Å²) in [4.78, 5) is 50.3. The van der Waals surface area contributed by atoms with Crippen LogP contribution in [0.5, 0.6) is 0 Å². The number of rotatable bonds is 6. The van der Waals surface area contributed by atoms with Crippen molar-refractivity contribution in [1.29, 1.82) is 0 Å². The van der Waals surface area contributed by atoms with Crippen LogP contribution in [0.3, 0.4) is 0 Å². The average Bonchev–Trinajstić information content (AvgIpc) is 2.96. The fourth-order valence-electron chi connectivity index (χ4n) is 4.34. The minimum atomic E-state index is -0.680. The number of amides is 1. The van der Waals surface area contributed by atoms with Crippen molar-refractivity contribution < 1.29 is 14.3 Å². The summed E-state index contributed by atoms with van der Waals surface area (Å²) < 4.78 is 6.77. The van der Waals surface area contributed by atoms with Crippen LogP contribution in [0.15, 0.2) is 98.7 Å². The van der Waals surface area contributed by atoms with Gasteiger partial charge in [-0.25, -0.2) is 14.8 Å². The topological polar surface area (TPSA) is 115 Å². The van der Waals surface area contributed by atoms with E-state index in [4.69, 9.17) is 10.5 Å². The Hall–Kier alpha value is -3.51. The molecule has 0 saturated carbocycles. The number of benzene rings is 2. The molecule has 0 radical (unpaired) electrons. The molecule has 0 unspecified atom stereocenters. The molecule has 1 fully saturated rings. The lowest BCUT2D eigenvalue weighted by atomic mass is 10.0. The first-order chi connectivity index (χ1) is 18.5. The van der Waals surface area contributed by atoms with Gasteiger partial charge in [0.2, 0.25) is 11.3 Å². The van der Waals surface area contributed by atoms with Gasteiger partial charge in [0.1, 0.15) is 27.5 Å². The molecule has 0 aliphatic carbocycles. The first-order valence-corrected chi connectivity index (χ1v) is 14.4. The van der Waals surface area contributed by atoms with E-state index in [2.05, 4.69) is 9.97 Å². The SMILES string of the molecule is N[C@@H]1C(=O)N2C(C(=O)OC(c3ccccc3)c3ccccc3)=C(Sc3cc(=O)c4nccnc4s3)CS[C@H]12. The van der Waals surface area contributed by atoms with Gasteiger partial charge in [-0.1, -0.05) is 72.4 Å². The Morgan fingerprint density at radius 3 is 2.37 bits per heavy atom. The van der Waals surface area contributed by atoms with Crippen LogP contribution < -0.4 is 11.2 Å². The highest BCUT2D eigenvalue weighted by atomic mass is 32.2. The Morgan fingerprint density at radius 1 is 1.03 bits per heavy atom. The predicted octanol–water partition coefficient (Wildman–Crippen LogP) is 3.93. The molecule has 2 aromatic heterocycles. The fraction of sp³-hybridized carbons (Fsp3) is 0.148. The zero-order chi connectivity index (χ0) is 26.2. The van der Waals surface area contributed by atoms with E-state index >= 15 is 0 Å². The number of esters is 1. The summed E-state index contributed by atoms with van der Waals surface area (Å²) in [6, 6.07) is 19.7. The Kier molecular flexibility index (Phi) is 6.75. The van der Waals surface area contributed by atoms with Crippen molar-refractivity contribution in [2.45, 2.75) is 21.7 Å². The van der Waals surface area contributed by atoms with Crippen molar-refractivity contribution in [2.75, 3.05) is 5.75 Å². The number of ether oxygens (including phenoxy) is 1. The van der Waals surface area contributed by atoms with E-state index in [0.717, 1.165) is 11.1 Å². The van der Waals surface area contributed by atoms with Crippen LogP contribution >= 0.6 is 34.9 Å². The van der Waals surface area contributed by atoms with Crippen LogP contribution in [0.1, 0.15) is 17.2 Å². The van der Waals surface area contributed by atoms with Gasteiger partial charge in [0.25, 0.3) is 0 Å². The highest BCUT2D eigenvalue weighted by Gasteiger charge is 2.52. The number of carbonyl (C=O) groups excluding carboxylic acids is 2. The van der Waals surface area contributed by atoms with E-state index in [1.165, 1.54) is 58.2 Å². The van der Waals surface area contributed by atoms with Crippen LogP contribution in [0.2, 0.25) is 0 Å². The summed E-state index contributed by atoms with van der Waals surface area (Å²) >= 11 is 4.05. The largest absolute Gasteiger partial charge is 0.448 e. The van der Waals surface area contributed by atoms with E-state index in [9.17, 15) is 14.4 Å². The molecule has 2 aliphatic heterocycles. The zero-order valence-corrected chi connectivity index (χ0v) is 22.2. The third kappa shape index (κ3) is 4.51. The maximum atomic E-state index is 13.9. The molecule has 8 nitrogen and oxygen atoms in total. The van der Waals surface area contributed by atoms with Gasteiger partial charge in [-0.05, 0) is 11.1 Å². The van der Waals surface area contributed by atoms with Crippen LogP contribution in [-0.2, 0) is 14.3 Å². The zero-order valence-electron chi connectivity index (χ0n) is 19.7. The van der Waals surface area contributed by atoms with Gasteiger partial charge in [0.05, 0.1) is 4.21 Å². The predicted molar refractivity (Wildman–Crippen MR) is 148 cm³/mol. The standard InChI is InChI=1S/C27H20N4O4S3/c28-20-25(33)31-22(27(34)35-23(15-7-3-1-4-8-15)16-9-5-2-6-10-16)18(14-36-26(20)31)37-19-13-17(32)21-24(38-19)30-12-11-29-21/h1-13,20,23,26H,14,28H2/t20-,26-/m1/s1. The molecule has 4 heterocycles. The highest BCUT2D eigenvalue weighted by Crippen LogP contribution is 2.46. The van der Waals surface area contributed by atoms with Crippen molar-refractivity contribution in [2.24, 2.45) is 5.73 Å². The first kappa shape index (κ1) is 24.8. The van der Waals surface area contributed by atoms with Crippen molar-refractivity contribution >= 4 is 57.1 Å². The van der Waals surface area contributed by atoms with E-state index < -0.39 is 18.1 Å². The Labute approximate surface area is 229 Å². The van der Waals surface area contributed by atoms with Crippen molar-refractivity contribution in [3.8, 4) is 0 Å². The summed E-state index contributed by atoms with van der Waals surface area (Å²) in [5.41, 5.74) is 7.88. The molecule has 38 heavy (non-hydrogen) atoms. The number of carbonyl (C=O) groups is 2. The smallest absolute Gasteiger partial charge is 0.356 e. The van der Waals surface area contributed by atoms with Gasteiger partial charge < -0.3 is 10.5 Å². The van der Waals surface area contributed by atoms with Crippen molar-refractivity contribution in [3.63, 3.8) is 0 Å². The molecule has 2 aliphatic rings. The molecule has 2 N–H and O–H groups in total. The maximum Gasteiger partial charge on any atom is 0.356 e. The molecule has 0 bridgehead atoms. The normalized spacial score (nSPS) is 18.9. The molecule has 2 aromatic carbocycles. The van der Waals surface area contributed by atoms with Crippen LogP contribution in [0.25, 0.3) is 10.3 Å². The summed E-state index contributed by atoms with van der Waals surface area (Å²) in [5.74, 6) is -0.512. The number of nitrogens with zero attached hydrogens (tertiary/aromatic N) is 3. The van der Waals surface area contributed by atoms with E-state index in [-0.39, 0.29) is 22.4 Å². The van der Waals surface area contributed by atoms with E-state index in [1.54, 1.807) is 0 Å². The Morgan fingerprint density at radius 2 is 1.68 bits per heavy atom. The van der Waals surface area contributed by atoms with Crippen LogP contribution in [0, 0.1) is 0 Å². The number of thioether (sulfide) groups is 2. The average molecular weight is 561 g/mol. The second kappa shape index (κ2) is 10.3. The summed E-state index contributed by atoms with van der Waals surface area (Å²) in [7, 11) is 0. The second-order valence-electron chi connectivity index (χ2n) is 8.56. The quantitative estimate of drug-likeness (QED) is 0.277. The monoisotopic (exact) mass is 560 g/mol. The Bertz CT molecular complexity index is 1590. The lowest BCUT2D eigenvalue weighted by Crippen LogP contribution is -2.68. The molecule has 1 saturated heterocycles. The number of fused-ring (bicyclic) bond motifs is 2. The van der Waals surface area contributed by atoms with Gasteiger partial charge >= 0.3 is 5.97 Å². The molecular formula is C27H20N4O4S3. The fourth-order valence-corrected chi connectivity index (χ4v) is 8.04. The maximum absolute atomic E-state index is 13.9. The molecule has 6 rings (SSSR count). The molecule has 2 atom stereocenters. The third-order valence-electron chi connectivity index (χ3n) is 6.17. The van der Waals surface area contributed by atoms with E-state index in [1.807, 2.05) is 60.7 Å². The number of aromatic nitrogens is 2. The summed E-state index contributed by atoms with van der Waals surface area (Å²) in [6.07, 6.45) is 2.34. The number of nitrogens with two attached hydrogens (primary N) is 1. The molecule has 4 aromatic rings. The summed E-state index contributed by atoms with van der Waals surface area (Å²) in [5, 5.41) is -0.345. The molecule has 190 valence electrons. The molecule has 11 heteroatoms. The van der Waals surface area contributed by atoms with Gasteiger partial charge in [0, 0.05) is 29.1 Å². The van der Waals surface area contributed by atoms with Crippen LogP contribution in [0.4, 0.5) is 0 Å².